The van der Waals surface area contributed by atoms with Gasteiger partial charge in [0, 0.05) is 33.2 Å². The number of fused-ring (bicyclic) bond motifs is 2. The summed E-state index contributed by atoms with van der Waals surface area (Å²) in [6.07, 6.45) is 1.96. The average Bonchev–Trinajstić information content (AvgIpc) is 2.52. The number of nitrogens with zero attached hydrogens (tertiary/aromatic N) is 2. The first-order valence-corrected chi connectivity index (χ1v) is 6.75. The van der Waals surface area contributed by atoms with Gasteiger partial charge < -0.3 is 15.4 Å². The van der Waals surface area contributed by atoms with Crippen LogP contribution in [0.15, 0.2) is 48.5 Å². The second-order valence-corrected chi connectivity index (χ2v) is 5.02. The predicted octanol–water partition coefficient (Wildman–Crippen LogP) is 0.905. The molecular weight excluding hydrogens is 462 g/mol. The topological polar surface area (TPSA) is 102 Å². The molecule has 1 amide bonds. The second kappa shape index (κ2) is 6.96. The van der Waals surface area contributed by atoms with Crippen molar-refractivity contribution in [1.29, 1.82) is 0 Å². The standard InChI is InChI=1S/C16H16N5O.W/c17-15-12-6-2-1-5-11(12)9-20(10-22)14-8-4-3-7-13(14)16(15)21(18)19;/h1-8H,9,17-19H2;/q-1;/b16-15-;. The monoisotopic (exact) mass is 478 g/mol. The van der Waals surface area contributed by atoms with Crippen LogP contribution >= 0.6 is 0 Å². The van der Waals surface area contributed by atoms with Crippen molar-refractivity contribution in [3.8, 4) is 0 Å². The Kier molecular flexibility index (Phi) is 5.21. The van der Waals surface area contributed by atoms with Gasteiger partial charge in [-0.25, -0.2) is 16.8 Å². The summed E-state index contributed by atoms with van der Waals surface area (Å²) < 4.78 is 0. The van der Waals surface area contributed by atoms with Gasteiger partial charge in [0.25, 0.3) is 0 Å². The molecule has 0 fully saturated rings. The summed E-state index contributed by atoms with van der Waals surface area (Å²) in [5, 5.41) is 0.985. The molecule has 118 valence electrons. The van der Waals surface area contributed by atoms with Gasteiger partial charge in [0.1, 0.15) is 0 Å². The normalized spacial score (nSPS) is 16.3. The number of hydrazine groups is 2. The van der Waals surface area contributed by atoms with Crippen LogP contribution in [0, 0.1) is 0 Å². The first-order chi connectivity index (χ1) is 10.6. The van der Waals surface area contributed by atoms with Crippen molar-refractivity contribution in [2.45, 2.75) is 6.54 Å². The largest absolute Gasteiger partial charge is 0.473 e. The fourth-order valence-electron chi connectivity index (χ4n) is 2.72. The minimum absolute atomic E-state index is 0. The molecule has 0 bridgehead atoms. The van der Waals surface area contributed by atoms with Gasteiger partial charge in [-0.15, -0.1) is 6.07 Å². The molecule has 0 aliphatic carbocycles. The van der Waals surface area contributed by atoms with Crippen molar-refractivity contribution >= 4 is 23.5 Å². The molecule has 6 N–H and O–H groups in total. The number of anilines is 1. The second-order valence-electron chi connectivity index (χ2n) is 5.02. The van der Waals surface area contributed by atoms with E-state index in [0.717, 1.165) is 16.2 Å². The first-order valence-electron chi connectivity index (χ1n) is 6.75. The van der Waals surface area contributed by atoms with Crippen LogP contribution in [0.2, 0.25) is 0 Å². The smallest absolute Gasteiger partial charge is 0.0846 e. The maximum Gasteiger partial charge on any atom is 0.0846 e. The van der Waals surface area contributed by atoms with Crippen LogP contribution < -0.4 is 22.3 Å². The number of hydrogen-bond acceptors (Lipinski definition) is 5. The number of para-hydroxylation sites is 1. The molecule has 3 rings (SSSR count). The molecule has 0 saturated heterocycles. The minimum Gasteiger partial charge on any atom is -0.473 e. The van der Waals surface area contributed by atoms with Gasteiger partial charge in [0.2, 0.25) is 0 Å². The Morgan fingerprint density at radius 1 is 1.00 bits per heavy atom. The van der Waals surface area contributed by atoms with E-state index in [4.69, 9.17) is 17.4 Å². The van der Waals surface area contributed by atoms with Gasteiger partial charge in [-0.3, -0.25) is 0 Å². The van der Waals surface area contributed by atoms with Crippen LogP contribution in [0.3, 0.4) is 0 Å². The number of rotatable bonds is 2. The molecule has 23 heavy (non-hydrogen) atoms. The van der Waals surface area contributed by atoms with E-state index in [1.54, 1.807) is 0 Å². The van der Waals surface area contributed by atoms with Crippen molar-refractivity contribution in [2.75, 3.05) is 4.90 Å². The summed E-state index contributed by atoms with van der Waals surface area (Å²) in [7, 11) is 0. The Bertz CT molecular complexity index is 760. The molecule has 0 saturated carbocycles. The summed E-state index contributed by atoms with van der Waals surface area (Å²) in [4.78, 5) is 12.9. The Morgan fingerprint density at radius 3 is 2.26 bits per heavy atom. The summed E-state index contributed by atoms with van der Waals surface area (Å²) in [5.41, 5.74) is 10.3. The van der Waals surface area contributed by atoms with Crippen molar-refractivity contribution in [1.82, 2.24) is 5.12 Å². The number of nitrogens with two attached hydrogens (primary N) is 3. The third-order valence-corrected chi connectivity index (χ3v) is 3.71. The van der Waals surface area contributed by atoms with Gasteiger partial charge in [-0.05, 0) is 5.56 Å². The zero-order valence-electron chi connectivity index (χ0n) is 12.3. The van der Waals surface area contributed by atoms with Crippen LogP contribution in [0.1, 0.15) is 16.7 Å². The number of benzene rings is 2. The fourth-order valence-corrected chi connectivity index (χ4v) is 2.72. The van der Waals surface area contributed by atoms with Crippen LogP contribution in [0.25, 0.3) is 11.4 Å². The molecule has 0 aromatic heterocycles. The van der Waals surface area contributed by atoms with Gasteiger partial charge in [0.05, 0.1) is 17.8 Å². The van der Waals surface area contributed by atoms with E-state index in [1.807, 2.05) is 54.9 Å². The molecule has 0 spiro atoms. The van der Waals surface area contributed by atoms with E-state index >= 15 is 0 Å². The van der Waals surface area contributed by atoms with E-state index in [9.17, 15) is 4.79 Å². The van der Waals surface area contributed by atoms with Gasteiger partial charge in [0.15, 0.2) is 0 Å². The van der Waals surface area contributed by atoms with Crippen molar-refractivity contribution in [3.63, 3.8) is 0 Å². The SMILES string of the molecule is N/C1=C(\N(N)N)c2ccccc2N([C-]=O)Cc2ccccc21.[W]. The van der Waals surface area contributed by atoms with Crippen LogP contribution in [-0.4, -0.2) is 11.5 Å². The van der Waals surface area contributed by atoms with Crippen molar-refractivity contribution < 1.29 is 25.9 Å². The Balaban J connectivity index is 0.00000192. The number of amides is 1. The maximum atomic E-state index is 11.4. The van der Waals surface area contributed by atoms with Crippen LogP contribution in [0.5, 0.6) is 0 Å². The van der Waals surface area contributed by atoms with Crippen LogP contribution in [-0.2, 0) is 32.4 Å². The van der Waals surface area contributed by atoms with E-state index in [1.165, 1.54) is 4.90 Å². The summed E-state index contributed by atoms with van der Waals surface area (Å²) in [6, 6.07) is 14.9. The van der Waals surface area contributed by atoms with E-state index in [-0.39, 0.29) is 21.1 Å². The maximum absolute atomic E-state index is 11.4. The van der Waals surface area contributed by atoms with Crippen LogP contribution in [0.4, 0.5) is 5.69 Å². The van der Waals surface area contributed by atoms with E-state index in [0.29, 0.717) is 29.2 Å². The van der Waals surface area contributed by atoms with Gasteiger partial charge >= 0.3 is 0 Å². The summed E-state index contributed by atoms with van der Waals surface area (Å²) in [5.74, 6) is 11.6. The Labute approximate surface area is 148 Å². The molecule has 0 unspecified atom stereocenters. The zero-order chi connectivity index (χ0) is 15.7. The average molecular weight is 478 g/mol. The molecule has 0 radical (unpaired) electrons. The molecule has 2 aromatic carbocycles. The molecule has 7 heteroatoms. The molecule has 6 nitrogen and oxygen atoms in total. The third-order valence-electron chi connectivity index (χ3n) is 3.71. The Morgan fingerprint density at radius 2 is 1.61 bits per heavy atom. The predicted molar refractivity (Wildman–Crippen MR) is 86.0 cm³/mol. The molecular formula is C16H16N5OW-. The molecule has 1 heterocycles. The van der Waals surface area contributed by atoms with E-state index in [2.05, 4.69) is 0 Å². The zero-order valence-corrected chi connectivity index (χ0v) is 15.2. The first kappa shape index (κ1) is 17.2. The fraction of sp³-hybridized carbons (Fsp3) is 0.0625. The summed E-state index contributed by atoms with van der Waals surface area (Å²) >= 11 is 0. The molecule has 0 atom stereocenters. The van der Waals surface area contributed by atoms with Crippen molar-refractivity contribution in [3.05, 3.63) is 65.2 Å². The third kappa shape index (κ3) is 3.01. The van der Waals surface area contributed by atoms with Gasteiger partial charge in [-0.2, -0.15) is 0 Å². The van der Waals surface area contributed by atoms with E-state index < -0.39 is 0 Å². The van der Waals surface area contributed by atoms with Crippen molar-refractivity contribution in [2.24, 2.45) is 17.4 Å². The molecule has 1 aliphatic heterocycles. The summed E-state index contributed by atoms with van der Waals surface area (Å²) in [6.45, 7) is 0.375. The number of hydrogen-bond donors (Lipinski definition) is 3. The molecule has 1 aliphatic rings. The molecule has 2 aromatic rings. The Hall–Kier alpha value is -2.14. The van der Waals surface area contributed by atoms with Gasteiger partial charge in [-0.1, -0.05) is 53.7 Å². The number of carbonyl (C=O) groups excluding carboxylic acids is 1. The minimum atomic E-state index is 0. The quantitative estimate of drug-likeness (QED) is 0.339.